The van der Waals surface area contributed by atoms with Gasteiger partial charge in [0.25, 0.3) is 0 Å². The van der Waals surface area contributed by atoms with Gasteiger partial charge in [-0.3, -0.25) is 9.89 Å². The Labute approximate surface area is 249 Å². The second-order valence-electron chi connectivity index (χ2n) is 14.1. The molecule has 2 aromatic heterocycles. The Hall–Kier alpha value is -2.87. The molecule has 8 nitrogen and oxygen atoms in total. The second kappa shape index (κ2) is 11.4. The number of hydrogen-bond acceptors (Lipinski definition) is 5. The minimum absolute atomic E-state index is 0.0772. The second-order valence-corrected chi connectivity index (χ2v) is 14.5. The number of aryl methyl sites for hydroxylation is 2. The average molecular weight is 584 g/mol. The number of ketones is 1. The number of Topliss-reactive ketones (excluding diaryl/α,β-unsaturated/α-hetero) is 1. The number of hydrogen-bond donors (Lipinski definition) is 1. The number of nitrogens with one attached hydrogen (secondary N) is 1. The molecule has 0 radical (unpaired) electrons. The molecule has 0 bridgehead atoms. The zero-order valence-electron chi connectivity index (χ0n) is 26.3. The van der Waals surface area contributed by atoms with E-state index in [0.717, 1.165) is 38.7 Å². The van der Waals surface area contributed by atoms with E-state index in [1.807, 2.05) is 26.8 Å². The lowest BCUT2D eigenvalue weighted by molar-refractivity contribution is -0.00178. The van der Waals surface area contributed by atoms with Crippen LogP contribution in [0.5, 0.6) is 0 Å². The lowest BCUT2D eigenvalue weighted by atomic mass is 9.86. The molecule has 0 atom stereocenters. The van der Waals surface area contributed by atoms with Crippen LogP contribution in [-0.4, -0.2) is 55.2 Å². The Morgan fingerprint density at radius 2 is 1.73 bits per heavy atom. The van der Waals surface area contributed by atoms with E-state index < -0.39 is 5.60 Å². The molecule has 3 aromatic rings. The van der Waals surface area contributed by atoms with Gasteiger partial charge < -0.3 is 14.2 Å². The molecule has 1 aromatic carbocycles. The number of nitrogens with zero attached hydrogens (tertiary/aromatic N) is 4. The predicted octanol–water partition coefficient (Wildman–Crippen LogP) is 7.64. The SMILES string of the molecule is CC(C)c1nc(CCc2[nH]nc3cc(Cl)c(C(C)(C)C)cc23)n(C(C)C)c1C(=O)CC1CN(C(=O)OC(C)(C)C)C1. The van der Waals surface area contributed by atoms with Crippen LogP contribution in [0, 0.1) is 5.92 Å². The number of aromatic nitrogens is 4. The van der Waals surface area contributed by atoms with Crippen LogP contribution in [0.2, 0.25) is 5.02 Å². The largest absolute Gasteiger partial charge is 0.444 e. The number of halogens is 1. The van der Waals surface area contributed by atoms with E-state index in [4.69, 9.17) is 21.3 Å². The van der Waals surface area contributed by atoms with Crippen LogP contribution in [0.25, 0.3) is 10.9 Å². The van der Waals surface area contributed by atoms with Gasteiger partial charge in [0.2, 0.25) is 0 Å². The standard InChI is InChI=1S/C32H46ClN5O3/c1-18(2)28-29(26(39)13-20-16-37(17-20)30(40)41-32(8,9)10)38(19(3)4)27(34-28)12-11-24-21-14-22(31(5,6)7)23(33)15-25(21)36-35-24/h14-15,18-20H,11-13,16-17H2,1-10H3,(H,35,36). The smallest absolute Gasteiger partial charge is 0.410 e. The maximum Gasteiger partial charge on any atom is 0.410 e. The first kappa shape index (κ1) is 31.1. The summed E-state index contributed by atoms with van der Waals surface area (Å²) < 4.78 is 7.59. The predicted molar refractivity (Wildman–Crippen MR) is 164 cm³/mol. The number of rotatable bonds is 8. The molecule has 1 N–H and O–H groups in total. The molecule has 0 spiro atoms. The van der Waals surface area contributed by atoms with Gasteiger partial charge in [-0.1, -0.05) is 46.2 Å². The van der Waals surface area contributed by atoms with Gasteiger partial charge in [-0.2, -0.15) is 5.10 Å². The molecule has 0 saturated carbocycles. The zero-order chi connectivity index (χ0) is 30.4. The summed E-state index contributed by atoms with van der Waals surface area (Å²) in [7, 11) is 0. The van der Waals surface area contributed by atoms with E-state index in [-0.39, 0.29) is 35.2 Å². The number of carbonyl (C=O) groups excluding carboxylic acids is 2. The van der Waals surface area contributed by atoms with Gasteiger partial charge in [-0.15, -0.1) is 0 Å². The quantitative estimate of drug-likeness (QED) is 0.275. The summed E-state index contributed by atoms with van der Waals surface area (Å²) in [6.07, 6.45) is 1.45. The lowest BCUT2D eigenvalue weighted by Crippen LogP contribution is -2.52. The van der Waals surface area contributed by atoms with Crippen molar-refractivity contribution in [1.82, 2.24) is 24.6 Å². The number of fused-ring (bicyclic) bond motifs is 1. The highest BCUT2D eigenvalue weighted by Crippen LogP contribution is 2.34. The van der Waals surface area contributed by atoms with Crippen molar-refractivity contribution >= 4 is 34.4 Å². The van der Waals surface area contributed by atoms with Crippen molar-refractivity contribution in [2.75, 3.05) is 13.1 Å². The Balaban J connectivity index is 1.55. The number of aromatic amines is 1. The zero-order valence-corrected chi connectivity index (χ0v) is 27.1. The monoisotopic (exact) mass is 583 g/mol. The highest BCUT2D eigenvalue weighted by Gasteiger charge is 2.36. The average Bonchev–Trinajstić information content (AvgIpc) is 3.38. The van der Waals surface area contributed by atoms with Gasteiger partial charge in [-0.25, -0.2) is 9.78 Å². The van der Waals surface area contributed by atoms with E-state index in [1.165, 1.54) is 0 Å². The molecule has 1 amide bonds. The topological polar surface area (TPSA) is 93.1 Å². The summed E-state index contributed by atoms with van der Waals surface area (Å²) in [5.41, 5.74) is 3.92. The summed E-state index contributed by atoms with van der Waals surface area (Å²) in [6, 6.07) is 4.16. The van der Waals surface area contributed by atoms with Gasteiger partial charge in [-0.05, 0) is 70.1 Å². The Bertz CT molecular complexity index is 1430. The fraction of sp³-hybridized carbons (Fsp3) is 0.625. The third-order valence-corrected chi connectivity index (χ3v) is 7.86. The number of ether oxygens (including phenoxy) is 1. The Morgan fingerprint density at radius 3 is 2.29 bits per heavy atom. The molecular weight excluding hydrogens is 538 g/mol. The summed E-state index contributed by atoms with van der Waals surface area (Å²) in [5.74, 6) is 1.22. The molecule has 3 heterocycles. The number of carbonyl (C=O) groups is 2. The first-order chi connectivity index (χ1) is 19.0. The Kier molecular flexibility index (Phi) is 8.66. The molecule has 9 heteroatoms. The van der Waals surface area contributed by atoms with E-state index in [1.54, 1.807) is 4.90 Å². The highest BCUT2D eigenvalue weighted by atomic mass is 35.5. The van der Waals surface area contributed by atoms with Crippen molar-refractivity contribution in [2.45, 2.75) is 111 Å². The molecule has 1 saturated heterocycles. The summed E-state index contributed by atoms with van der Waals surface area (Å²) >= 11 is 6.58. The van der Waals surface area contributed by atoms with Crippen LogP contribution >= 0.6 is 11.6 Å². The van der Waals surface area contributed by atoms with Gasteiger partial charge in [0.05, 0.1) is 11.2 Å². The molecular formula is C32H46ClN5O3. The van der Waals surface area contributed by atoms with Crippen LogP contribution < -0.4 is 0 Å². The normalized spacial score (nSPS) is 14.8. The van der Waals surface area contributed by atoms with E-state index in [9.17, 15) is 9.59 Å². The summed E-state index contributed by atoms with van der Waals surface area (Å²) in [5, 5.41) is 9.53. The molecule has 1 fully saturated rings. The number of imidazole rings is 1. The van der Waals surface area contributed by atoms with Gasteiger partial charge in [0.15, 0.2) is 5.78 Å². The number of amides is 1. The molecule has 0 aliphatic carbocycles. The third kappa shape index (κ3) is 6.79. The third-order valence-electron chi connectivity index (χ3n) is 7.55. The van der Waals surface area contributed by atoms with Crippen LogP contribution in [0.4, 0.5) is 4.79 Å². The van der Waals surface area contributed by atoms with E-state index in [2.05, 4.69) is 69.3 Å². The van der Waals surface area contributed by atoms with E-state index >= 15 is 0 Å². The summed E-state index contributed by atoms with van der Waals surface area (Å²) in [6.45, 7) is 21.5. The van der Waals surface area contributed by atoms with Crippen molar-refractivity contribution in [3.05, 3.63) is 45.6 Å². The highest BCUT2D eigenvalue weighted by molar-refractivity contribution is 6.32. The molecule has 1 aliphatic rings. The molecule has 1 aliphatic heterocycles. The molecule has 0 unspecified atom stereocenters. The van der Waals surface area contributed by atoms with Crippen molar-refractivity contribution in [2.24, 2.45) is 5.92 Å². The number of likely N-dealkylation sites (tertiary alicyclic amines) is 1. The number of benzene rings is 1. The lowest BCUT2D eigenvalue weighted by Gasteiger charge is -2.39. The van der Waals surface area contributed by atoms with Crippen LogP contribution in [0.3, 0.4) is 0 Å². The molecule has 41 heavy (non-hydrogen) atoms. The first-order valence-corrected chi connectivity index (χ1v) is 15.1. The number of H-pyrrole nitrogens is 1. The van der Waals surface area contributed by atoms with Crippen molar-refractivity contribution in [1.29, 1.82) is 0 Å². The fourth-order valence-electron chi connectivity index (χ4n) is 5.53. The summed E-state index contributed by atoms with van der Waals surface area (Å²) in [4.78, 5) is 32.8. The van der Waals surface area contributed by atoms with Gasteiger partial charge in [0.1, 0.15) is 17.1 Å². The maximum atomic E-state index is 13.8. The van der Waals surface area contributed by atoms with Crippen molar-refractivity contribution in [3.8, 4) is 0 Å². The molecule has 224 valence electrons. The minimum Gasteiger partial charge on any atom is -0.444 e. The van der Waals surface area contributed by atoms with Crippen LogP contribution in [0.1, 0.15) is 121 Å². The first-order valence-electron chi connectivity index (χ1n) is 14.7. The van der Waals surface area contributed by atoms with Crippen molar-refractivity contribution in [3.63, 3.8) is 0 Å². The van der Waals surface area contributed by atoms with Crippen LogP contribution in [-0.2, 0) is 23.0 Å². The van der Waals surface area contributed by atoms with Gasteiger partial charge in [0, 0.05) is 54.0 Å². The Morgan fingerprint density at radius 1 is 1.07 bits per heavy atom. The van der Waals surface area contributed by atoms with Crippen LogP contribution in [0.15, 0.2) is 12.1 Å². The van der Waals surface area contributed by atoms with E-state index in [0.29, 0.717) is 38.0 Å². The van der Waals surface area contributed by atoms with Gasteiger partial charge >= 0.3 is 6.09 Å². The minimum atomic E-state index is -0.533. The van der Waals surface area contributed by atoms with Crippen molar-refractivity contribution < 1.29 is 14.3 Å². The maximum absolute atomic E-state index is 13.8. The fourth-order valence-corrected chi connectivity index (χ4v) is 5.97. The molecule has 4 rings (SSSR count).